The van der Waals surface area contributed by atoms with Gasteiger partial charge in [0.25, 0.3) is 11.5 Å². The number of aromatic nitrogens is 1. The van der Waals surface area contributed by atoms with Crippen LogP contribution in [0.2, 0.25) is 0 Å². The predicted molar refractivity (Wildman–Crippen MR) is 149 cm³/mol. The Balaban J connectivity index is 0.00000195. The summed E-state index contributed by atoms with van der Waals surface area (Å²) in [5.41, 5.74) is -0.314. The summed E-state index contributed by atoms with van der Waals surface area (Å²) in [5, 5.41) is 18.8. The van der Waals surface area contributed by atoms with Crippen molar-refractivity contribution in [1.29, 1.82) is 0 Å². The summed E-state index contributed by atoms with van der Waals surface area (Å²) >= 11 is 0. The van der Waals surface area contributed by atoms with E-state index in [1.54, 1.807) is 20.3 Å². The Bertz CT molecular complexity index is 1170. The number of hydrogen-bond acceptors (Lipinski definition) is 5. The normalized spacial score (nSPS) is 20.7. The maximum atomic E-state index is 13.2. The van der Waals surface area contributed by atoms with Crippen molar-refractivity contribution in [2.75, 3.05) is 34.3 Å². The number of aliphatic hydroxyl groups excluding tert-OH is 1. The van der Waals surface area contributed by atoms with Gasteiger partial charge in [-0.25, -0.2) is 0 Å². The smallest absolute Gasteiger partial charge is 0.255 e. The second kappa shape index (κ2) is 12.3. The van der Waals surface area contributed by atoms with Gasteiger partial charge in [-0.05, 0) is 24.3 Å². The van der Waals surface area contributed by atoms with E-state index < -0.39 is 11.0 Å². The van der Waals surface area contributed by atoms with Gasteiger partial charge < -0.3 is 24.6 Å². The maximum absolute atomic E-state index is 13.2. The number of aliphatic hydroxyl groups is 2. The number of rotatable bonds is 7. The fraction of sp³-hybridized carbons (Fsp3) is 0.567. The van der Waals surface area contributed by atoms with Crippen LogP contribution < -0.4 is 5.56 Å². The Labute approximate surface area is 225 Å². The lowest BCUT2D eigenvalue weighted by molar-refractivity contribution is -0.154. The molecule has 0 radical (unpaired) electrons. The summed E-state index contributed by atoms with van der Waals surface area (Å²) in [7, 11) is 4.36. The van der Waals surface area contributed by atoms with Gasteiger partial charge in [-0.1, -0.05) is 63.4 Å². The van der Waals surface area contributed by atoms with Crippen LogP contribution in [0.15, 0.2) is 47.4 Å². The zero-order valence-electron chi connectivity index (χ0n) is 23.4. The van der Waals surface area contributed by atoms with Gasteiger partial charge in [0, 0.05) is 64.0 Å². The minimum Gasteiger partial charge on any atom is -0.400 e. The number of likely N-dealkylation sites (tertiary alicyclic amines) is 1. The van der Waals surface area contributed by atoms with Crippen molar-refractivity contribution in [2.24, 2.45) is 11.3 Å². The molecule has 8 heteroatoms. The molecule has 1 saturated heterocycles. The van der Waals surface area contributed by atoms with Crippen LogP contribution in [-0.4, -0.2) is 76.3 Å². The molecule has 1 atom stereocenters. The predicted octanol–water partition coefficient (Wildman–Crippen LogP) is 3.40. The van der Waals surface area contributed by atoms with Crippen LogP contribution in [-0.2, 0) is 11.3 Å². The molecule has 1 aromatic carbocycles. The van der Waals surface area contributed by atoms with Crippen LogP contribution in [0.1, 0.15) is 62.7 Å². The number of carbonyl (C=O) groups excluding carboxylic acids is 2. The Morgan fingerprint density at radius 2 is 1.76 bits per heavy atom. The molecule has 2 aliphatic rings. The van der Waals surface area contributed by atoms with E-state index in [1.165, 1.54) is 34.8 Å². The highest BCUT2D eigenvalue weighted by atomic mass is 16.3. The highest BCUT2D eigenvalue weighted by molar-refractivity contribution is 6.00. The van der Waals surface area contributed by atoms with Crippen molar-refractivity contribution >= 4 is 11.8 Å². The Hall–Kier alpha value is -2.97. The molecule has 2 aromatic rings. The quantitative estimate of drug-likeness (QED) is 0.577. The van der Waals surface area contributed by atoms with Crippen LogP contribution in [0.4, 0.5) is 0 Å². The van der Waals surface area contributed by atoms with E-state index in [2.05, 4.69) is 0 Å². The molecule has 1 aliphatic heterocycles. The molecule has 2 N–H and O–H groups in total. The molecular formula is C30H43N3O5. The third kappa shape index (κ3) is 6.35. The molecule has 1 unspecified atom stereocenters. The number of amides is 2. The zero-order chi connectivity index (χ0) is 28.1. The van der Waals surface area contributed by atoms with E-state index in [9.17, 15) is 19.5 Å². The Morgan fingerprint density at radius 1 is 1.11 bits per heavy atom. The first-order chi connectivity index (χ1) is 18.0. The number of benzene rings is 1. The summed E-state index contributed by atoms with van der Waals surface area (Å²) in [4.78, 5) is 42.5. The summed E-state index contributed by atoms with van der Waals surface area (Å²) in [6, 6.07) is 10.9. The largest absolute Gasteiger partial charge is 0.400 e. The number of nitrogens with zero attached hydrogens (tertiary/aromatic N) is 3. The standard InChI is InChI=1S/C29H39N3O4.CH4O/c1-28(2)19-31(25(33)14-13-21-9-8-10-21)16-15-29(28,36)20-32-18-24(27(35)30(3)4)23(17-26(32)34)22-11-6-5-7-12-22;1-2/h5-7,11-12,17-18,21,36H,8-10,13-16,19-20H2,1-4H3;2H,1H3. The average Bonchev–Trinajstić information content (AvgIpc) is 2.87. The Kier molecular flexibility index (Phi) is 9.54. The second-order valence-corrected chi connectivity index (χ2v) is 11.4. The van der Waals surface area contributed by atoms with Crippen molar-refractivity contribution in [3.05, 3.63) is 58.5 Å². The molecule has 38 heavy (non-hydrogen) atoms. The summed E-state index contributed by atoms with van der Waals surface area (Å²) in [6.45, 7) is 4.87. The van der Waals surface area contributed by atoms with Crippen LogP contribution in [0.3, 0.4) is 0 Å². The Morgan fingerprint density at radius 3 is 2.32 bits per heavy atom. The van der Waals surface area contributed by atoms with Gasteiger partial charge in [0.1, 0.15) is 0 Å². The molecule has 4 rings (SSSR count). The molecule has 0 bridgehead atoms. The first kappa shape index (κ1) is 29.6. The van der Waals surface area contributed by atoms with Crippen molar-refractivity contribution in [3.8, 4) is 11.1 Å². The van der Waals surface area contributed by atoms with Crippen molar-refractivity contribution < 1.29 is 19.8 Å². The van der Waals surface area contributed by atoms with E-state index in [-0.39, 0.29) is 23.9 Å². The fourth-order valence-corrected chi connectivity index (χ4v) is 5.38. The van der Waals surface area contributed by atoms with E-state index in [0.717, 1.165) is 19.1 Å². The zero-order valence-corrected chi connectivity index (χ0v) is 23.4. The lowest BCUT2D eigenvalue weighted by Crippen LogP contribution is -2.60. The summed E-state index contributed by atoms with van der Waals surface area (Å²) in [5.74, 6) is 0.634. The first-order valence-corrected chi connectivity index (χ1v) is 13.5. The topological polar surface area (TPSA) is 103 Å². The fourth-order valence-electron chi connectivity index (χ4n) is 5.38. The van der Waals surface area contributed by atoms with Gasteiger partial charge in [-0.2, -0.15) is 0 Å². The lowest BCUT2D eigenvalue weighted by Gasteiger charge is -2.50. The third-order valence-corrected chi connectivity index (χ3v) is 8.26. The average molecular weight is 526 g/mol. The van der Waals surface area contributed by atoms with Gasteiger partial charge in [0.2, 0.25) is 5.91 Å². The molecule has 2 amide bonds. The minimum atomic E-state index is -1.20. The molecule has 208 valence electrons. The number of carbonyl (C=O) groups is 2. The second-order valence-electron chi connectivity index (χ2n) is 11.4. The molecule has 1 saturated carbocycles. The third-order valence-electron chi connectivity index (χ3n) is 8.26. The number of piperidine rings is 1. The van der Waals surface area contributed by atoms with Crippen LogP contribution in [0.25, 0.3) is 11.1 Å². The molecule has 2 heterocycles. The van der Waals surface area contributed by atoms with Gasteiger partial charge >= 0.3 is 0 Å². The van der Waals surface area contributed by atoms with E-state index in [1.807, 2.05) is 49.1 Å². The molecule has 1 aromatic heterocycles. The van der Waals surface area contributed by atoms with Gasteiger partial charge in [-0.15, -0.1) is 0 Å². The van der Waals surface area contributed by atoms with Gasteiger partial charge in [0.15, 0.2) is 0 Å². The summed E-state index contributed by atoms with van der Waals surface area (Å²) in [6.07, 6.45) is 7.21. The molecule has 0 spiro atoms. The highest BCUT2D eigenvalue weighted by Gasteiger charge is 2.49. The maximum Gasteiger partial charge on any atom is 0.255 e. The highest BCUT2D eigenvalue weighted by Crippen LogP contribution is 2.40. The van der Waals surface area contributed by atoms with Crippen molar-refractivity contribution in [2.45, 2.75) is 64.5 Å². The number of pyridine rings is 1. The molecule has 1 aliphatic carbocycles. The first-order valence-electron chi connectivity index (χ1n) is 13.5. The summed E-state index contributed by atoms with van der Waals surface area (Å²) < 4.78 is 1.46. The van der Waals surface area contributed by atoms with Crippen molar-refractivity contribution in [1.82, 2.24) is 14.4 Å². The van der Waals surface area contributed by atoms with Crippen LogP contribution in [0, 0.1) is 11.3 Å². The monoisotopic (exact) mass is 525 g/mol. The van der Waals surface area contributed by atoms with Crippen LogP contribution in [0.5, 0.6) is 0 Å². The van der Waals surface area contributed by atoms with E-state index in [0.29, 0.717) is 43.0 Å². The van der Waals surface area contributed by atoms with Crippen molar-refractivity contribution in [3.63, 3.8) is 0 Å². The minimum absolute atomic E-state index is 0.0612. The van der Waals surface area contributed by atoms with Crippen LogP contribution >= 0.6 is 0 Å². The molecule has 2 fully saturated rings. The molecule has 8 nitrogen and oxygen atoms in total. The number of hydrogen-bond donors (Lipinski definition) is 2. The van der Waals surface area contributed by atoms with E-state index >= 15 is 0 Å². The molecular weight excluding hydrogens is 482 g/mol. The van der Waals surface area contributed by atoms with Gasteiger partial charge in [0.05, 0.1) is 17.7 Å². The SMILES string of the molecule is CN(C)C(=O)c1cn(CC2(O)CCN(C(=O)CCC3CCC3)CC2(C)C)c(=O)cc1-c1ccccc1.CO. The van der Waals surface area contributed by atoms with Gasteiger partial charge in [-0.3, -0.25) is 14.4 Å². The lowest BCUT2D eigenvalue weighted by atomic mass is 9.69. The van der Waals surface area contributed by atoms with E-state index in [4.69, 9.17) is 5.11 Å².